The summed E-state index contributed by atoms with van der Waals surface area (Å²) in [6.45, 7) is 1.70. The van der Waals surface area contributed by atoms with E-state index in [-0.39, 0.29) is 29.8 Å². The van der Waals surface area contributed by atoms with Gasteiger partial charge in [-0.3, -0.25) is 14.4 Å². The number of likely N-dealkylation sites (tertiary alicyclic amines) is 1. The van der Waals surface area contributed by atoms with E-state index >= 15 is 0 Å². The van der Waals surface area contributed by atoms with E-state index in [1.165, 1.54) is 12.1 Å². The van der Waals surface area contributed by atoms with E-state index in [9.17, 15) is 18.8 Å². The van der Waals surface area contributed by atoms with Crippen LogP contribution in [0.4, 0.5) is 4.39 Å². The van der Waals surface area contributed by atoms with Gasteiger partial charge in [0.1, 0.15) is 5.82 Å². The van der Waals surface area contributed by atoms with Gasteiger partial charge in [-0.2, -0.15) is 0 Å². The summed E-state index contributed by atoms with van der Waals surface area (Å²) in [5.41, 5.74) is 1.91. The molecule has 3 heterocycles. The molecule has 1 N–H and O–H groups in total. The van der Waals surface area contributed by atoms with Crippen LogP contribution in [0, 0.1) is 11.2 Å². The molecule has 42 heavy (non-hydrogen) atoms. The summed E-state index contributed by atoms with van der Waals surface area (Å²) in [5.74, 6) is -0.906. The molecule has 3 aromatic carbocycles. The van der Waals surface area contributed by atoms with Crippen LogP contribution < -0.4 is 0 Å². The molecule has 0 bridgehead atoms. The Labute approximate surface area is 252 Å². The van der Waals surface area contributed by atoms with Crippen molar-refractivity contribution in [1.29, 1.82) is 0 Å². The van der Waals surface area contributed by atoms with Crippen molar-refractivity contribution < 1.29 is 18.8 Å². The molecule has 2 aliphatic heterocycles. The summed E-state index contributed by atoms with van der Waals surface area (Å²) in [4.78, 5) is 48.6. The largest absolute Gasteiger partial charge is 0.361 e. The number of nitrogens with zero attached hydrogens (tertiary/aromatic N) is 3. The number of hydrogen-bond acceptors (Lipinski definition) is 3. The van der Waals surface area contributed by atoms with Crippen LogP contribution in [-0.4, -0.2) is 64.1 Å². The number of H-pyrrole nitrogens is 1. The Kier molecular flexibility index (Phi) is 7.68. The third-order valence-corrected chi connectivity index (χ3v) is 9.01. The van der Waals surface area contributed by atoms with Gasteiger partial charge in [-0.25, -0.2) is 4.39 Å². The molecular weight excluding hydrogens is 578 g/mol. The van der Waals surface area contributed by atoms with E-state index in [2.05, 4.69) is 4.98 Å². The van der Waals surface area contributed by atoms with Crippen LogP contribution in [0.3, 0.4) is 0 Å². The molecule has 2 atom stereocenters. The highest BCUT2D eigenvalue weighted by Gasteiger charge is 2.58. The van der Waals surface area contributed by atoms with Crippen LogP contribution in [0.25, 0.3) is 10.9 Å². The van der Waals surface area contributed by atoms with Gasteiger partial charge < -0.3 is 19.7 Å². The van der Waals surface area contributed by atoms with Crippen LogP contribution in [0.1, 0.15) is 29.2 Å². The fraction of sp³-hybridized carbons (Fsp3) is 0.281. The zero-order chi connectivity index (χ0) is 29.4. The minimum atomic E-state index is -1.17. The number of benzene rings is 3. The Bertz CT molecular complexity index is 1650. The molecule has 6 rings (SSSR count). The van der Waals surface area contributed by atoms with Crippen molar-refractivity contribution in [2.75, 3.05) is 26.2 Å². The number of aromatic nitrogens is 1. The Morgan fingerprint density at radius 2 is 1.76 bits per heavy atom. The van der Waals surface area contributed by atoms with E-state index < -0.39 is 17.3 Å². The Morgan fingerprint density at radius 1 is 1.00 bits per heavy atom. The van der Waals surface area contributed by atoms with E-state index in [4.69, 9.17) is 23.2 Å². The topological polar surface area (TPSA) is 76.7 Å². The van der Waals surface area contributed by atoms with Gasteiger partial charge >= 0.3 is 0 Å². The second kappa shape index (κ2) is 11.4. The third kappa shape index (κ3) is 5.14. The molecule has 2 unspecified atom stereocenters. The van der Waals surface area contributed by atoms with Gasteiger partial charge in [-0.05, 0) is 41.8 Å². The fourth-order valence-corrected chi connectivity index (χ4v) is 6.76. The molecule has 0 aliphatic carbocycles. The first-order valence-corrected chi connectivity index (χ1v) is 14.6. The molecule has 1 aromatic heterocycles. The van der Waals surface area contributed by atoms with E-state index in [0.29, 0.717) is 43.2 Å². The number of rotatable bonds is 7. The first-order chi connectivity index (χ1) is 20.3. The highest BCUT2D eigenvalue weighted by molar-refractivity contribution is 6.31. The van der Waals surface area contributed by atoms with Gasteiger partial charge in [0.25, 0.3) is 0 Å². The second-order valence-electron chi connectivity index (χ2n) is 11.0. The average molecular weight is 608 g/mol. The molecule has 2 aliphatic rings. The van der Waals surface area contributed by atoms with Gasteiger partial charge in [0, 0.05) is 66.8 Å². The van der Waals surface area contributed by atoms with Crippen LogP contribution in [0.15, 0.2) is 72.9 Å². The number of amides is 3. The van der Waals surface area contributed by atoms with Crippen molar-refractivity contribution in [3.05, 3.63) is 105 Å². The van der Waals surface area contributed by atoms with Gasteiger partial charge in [0.05, 0.1) is 16.5 Å². The zero-order valence-electron chi connectivity index (χ0n) is 22.7. The smallest absolute Gasteiger partial charge is 0.232 e. The Balaban J connectivity index is 1.51. The molecule has 3 amide bonds. The van der Waals surface area contributed by atoms with Crippen molar-refractivity contribution >= 4 is 52.3 Å². The SMILES string of the molecule is O=CN1CCN(C(=O)C2(Cc3ccccc3)CC(=O)N(Cc3ccc(Cl)c(F)c3)C2c2c[nH]c3cc(Cl)ccc23)CC1. The maximum Gasteiger partial charge on any atom is 0.232 e. The minimum Gasteiger partial charge on any atom is -0.361 e. The highest BCUT2D eigenvalue weighted by atomic mass is 35.5. The predicted molar refractivity (Wildman–Crippen MR) is 159 cm³/mol. The van der Waals surface area contributed by atoms with Crippen molar-refractivity contribution in [2.45, 2.75) is 25.4 Å². The molecule has 2 saturated heterocycles. The zero-order valence-corrected chi connectivity index (χ0v) is 24.2. The van der Waals surface area contributed by atoms with Crippen molar-refractivity contribution in [2.24, 2.45) is 5.41 Å². The molecule has 7 nitrogen and oxygen atoms in total. The van der Waals surface area contributed by atoms with Crippen molar-refractivity contribution in [1.82, 2.24) is 19.7 Å². The summed E-state index contributed by atoms with van der Waals surface area (Å²) < 4.78 is 14.5. The summed E-state index contributed by atoms with van der Waals surface area (Å²) in [6, 6.07) is 19.0. The number of nitrogens with one attached hydrogen (secondary N) is 1. The lowest BCUT2D eigenvalue weighted by molar-refractivity contribution is -0.147. The molecule has 2 fully saturated rings. The number of carbonyl (C=O) groups is 3. The van der Waals surface area contributed by atoms with Crippen LogP contribution in [0.2, 0.25) is 10.0 Å². The summed E-state index contributed by atoms with van der Waals surface area (Å²) in [7, 11) is 0. The molecule has 0 radical (unpaired) electrons. The normalized spacial score (nSPS) is 20.9. The molecule has 216 valence electrons. The summed E-state index contributed by atoms with van der Waals surface area (Å²) in [5, 5.41) is 1.41. The van der Waals surface area contributed by atoms with Crippen molar-refractivity contribution in [3.8, 4) is 0 Å². The van der Waals surface area contributed by atoms with E-state index in [1.807, 2.05) is 48.7 Å². The lowest BCUT2D eigenvalue weighted by atomic mass is 9.71. The maximum absolute atomic E-state index is 14.8. The fourth-order valence-electron chi connectivity index (χ4n) is 6.47. The lowest BCUT2D eigenvalue weighted by Gasteiger charge is -2.42. The summed E-state index contributed by atoms with van der Waals surface area (Å²) in [6.07, 6.45) is 2.95. The third-order valence-electron chi connectivity index (χ3n) is 8.47. The Hall–Kier alpha value is -3.88. The van der Waals surface area contributed by atoms with Crippen LogP contribution >= 0.6 is 23.2 Å². The van der Waals surface area contributed by atoms with Gasteiger partial charge in [0.2, 0.25) is 18.2 Å². The van der Waals surface area contributed by atoms with Gasteiger partial charge in [-0.15, -0.1) is 0 Å². The number of hydrogen-bond donors (Lipinski definition) is 1. The molecule has 4 aromatic rings. The number of piperazine rings is 1. The van der Waals surface area contributed by atoms with Crippen LogP contribution in [-0.2, 0) is 27.3 Å². The van der Waals surface area contributed by atoms with Crippen molar-refractivity contribution in [3.63, 3.8) is 0 Å². The first kappa shape index (κ1) is 28.2. The summed E-state index contributed by atoms with van der Waals surface area (Å²) >= 11 is 12.2. The molecule has 0 spiro atoms. The highest BCUT2D eigenvalue weighted by Crippen LogP contribution is 2.53. The van der Waals surface area contributed by atoms with E-state index in [1.54, 1.807) is 26.8 Å². The quantitative estimate of drug-likeness (QED) is 0.278. The standard InChI is InChI=1S/C32H29Cl2FN4O3/c33-23-7-8-24-25(18-36-28(24)15-23)30-32(16-21-4-2-1-3-5-21,31(42)38-12-10-37(20-40)11-13-38)17-29(41)39(30)19-22-6-9-26(34)27(35)14-22/h1-9,14-15,18,20,30,36H,10-13,16-17,19H2. The van der Waals surface area contributed by atoms with Gasteiger partial charge in [0.15, 0.2) is 0 Å². The lowest BCUT2D eigenvalue weighted by Crippen LogP contribution is -2.54. The minimum absolute atomic E-state index is 0.000348. The number of aromatic amines is 1. The first-order valence-electron chi connectivity index (χ1n) is 13.8. The maximum atomic E-state index is 14.8. The average Bonchev–Trinajstić information content (AvgIpc) is 3.52. The molecule has 0 saturated carbocycles. The van der Waals surface area contributed by atoms with E-state index in [0.717, 1.165) is 28.4 Å². The number of fused-ring (bicyclic) bond motifs is 1. The number of carbonyl (C=O) groups excluding carboxylic acids is 3. The monoisotopic (exact) mass is 606 g/mol. The second-order valence-corrected chi connectivity index (χ2v) is 11.9. The molecular formula is C32H29Cl2FN4O3. The van der Waals surface area contributed by atoms with Crippen LogP contribution in [0.5, 0.6) is 0 Å². The molecule has 10 heteroatoms. The predicted octanol–water partition coefficient (Wildman–Crippen LogP) is 5.62. The Morgan fingerprint density at radius 3 is 2.48 bits per heavy atom. The number of halogens is 3. The van der Waals surface area contributed by atoms with Gasteiger partial charge in [-0.1, -0.05) is 65.7 Å².